The number of carbonyl (C=O) groups excluding carboxylic acids is 4. The van der Waals surface area contributed by atoms with Crippen molar-refractivity contribution in [2.75, 3.05) is 82.0 Å². The molecule has 512 valence electrons. The number of carbonyl (C=O) groups is 4. The number of hydrogen-bond acceptors (Lipinski definition) is 16. The Hall–Kier alpha value is -6.46. The van der Waals surface area contributed by atoms with Crippen LogP contribution >= 0.6 is 0 Å². The van der Waals surface area contributed by atoms with Crippen molar-refractivity contribution in [2.24, 2.45) is 11.8 Å². The first-order valence-corrected chi connectivity index (χ1v) is 34.0. The van der Waals surface area contributed by atoms with E-state index in [1.54, 1.807) is 42.3 Å². The molecule has 92 heavy (non-hydrogen) atoms. The molecule has 2 aliphatic rings. The Balaban J connectivity index is 0.000000382. The van der Waals surface area contributed by atoms with Gasteiger partial charge in [-0.05, 0) is 124 Å². The number of hydrogen-bond donors (Lipinski definition) is 0. The summed E-state index contributed by atoms with van der Waals surface area (Å²) in [6.45, 7) is 18.6. The molecule has 0 aliphatic carbocycles. The Morgan fingerprint density at radius 1 is 0.478 bits per heavy atom. The molecular formula is C76H112O16. The second kappa shape index (κ2) is 44.2. The molecule has 16 heteroatoms. The number of rotatable bonds is 43. The molecule has 0 aromatic heterocycles. The smallest absolute Gasteiger partial charge is 0.316 e. The fourth-order valence-corrected chi connectivity index (χ4v) is 12.2. The van der Waals surface area contributed by atoms with Gasteiger partial charge in [0, 0.05) is 76.1 Å². The van der Waals surface area contributed by atoms with Gasteiger partial charge in [-0.1, -0.05) is 154 Å². The molecule has 0 amide bonds. The zero-order valence-electron chi connectivity index (χ0n) is 57.9. The van der Waals surface area contributed by atoms with E-state index >= 15 is 0 Å². The summed E-state index contributed by atoms with van der Waals surface area (Å²) in [6, 6.07) is 28.7. The Bertz CT molecular complexity index is 2710. The molecule has 0 fully saturated rings. The Labute approximate surface area is 551 Å². The summed E-state index contributed by atoms with van der Waals surface area (Å²) in [5.74, 6) is 3.30. The largest absolute Gasteiger partial charge is 0.492 e. The number of esters is 2. The summed E-state index contributed by atoms with van der Waals surface area (Å²) in [5, 5.41) is 0. The van der Waals surface area contributed by atoms with Crippen LogP contribution in [-0.2, 0) is 58.4 Å². The van der Waals surface area contributed by atoms with E-state index in [4.69, 9.17) is 56.8 Å². The molecule has 4 aromatic rings. The average molecular weight is 1280 g/mol. The van der Waals surface area contributed by atoms with Gasteiger partial charge in [-0.2, -0.15) is 0 Å². The Kier molecular flexibility index (Phi) is 37.5. The zero-order valence-corrected chi connectivity index (χ0v) is 57.9. The van der Waals surface area contributed by atoms with Gasteiger partial charge in [-0.25, -0.2) is 0 Å². The predicted molar refractivity (Wildman–Crippen MR) is 361 cm³/mol. The third kappa shape index (κ3) is 24.8. The Morgan fingerprint density at radius 2 is 0.848 bits per heavy atom. The standard InChI is InChI=1S/C37H54O8.C37H52O8.C2H6/c2*1-6-15-34(38)32(36(39)42-7-2)16-13-11-9-8-10-12-14-17-33-31-23-22-30(45-27-41-5)24-35(31)43-25-37(33,3)28-18-20-29(21-19-28)44-26-40-4;1-2/h18-24,32-33H,6-17,25-27H2,1-5H3;12,14,18-24,32-33H,6-11,13,15-17,25-27H2,1-5H3;1-2H3/t2*32?,33-,37-;/m11./s1. The van der Waals surface area contributed by atoms with Crippen molar-refractivity contribution < 1.29 is 76.0 Å². The van der Waals surface area contributed by atoms with Crippen LogP contribution in [0.3, 0.4) is 0 Å². The zero-order chi connectivity index (χ0) is 67.0. The van der Waals surface area contributed by atoms with Crippen molar-refractivity contribution in [3.8, 4) is 34.5 Å². The topological polar surface area (TPSA) is 179 Å². The molecule has 0 spiro atoms. The average Bonchev–Trinajstić information content (AvgIpc) is 0.886. The second-order valence-corrected chi connectivity index (χ2v) is 24.0. The van der Waals surface area contributed by atoms with Crippen LogP contribution in [0.15, 0.2) is 97.1 Å². The normalized spacial score (nSPS) is 17.8. The first kappa shape index (κ1) is 78.0. The molecule has 2 unspecified atom stereocenters. The molecule has 6 rings (SSSR count). The van der Waals surface area contributed by atoms with Gasteiger partial charge in [0.2, 0.25) is 0 Å². The van der Waals surface area contributed by atoms with Crippen LogP contribution < -0.4 is 28.4 Å². The summed E-state index contributed by atoms with van der Waals surface area (Å²) in [5.41, 5.74) is 4.33. The molecule has 2 heterocycles. The van der Waals surface area contributed by atoms with E-state index in [-0.39, 0.29) is 73.3 Å². The fraction of sp³-hybridized carbons (Fsp3) is 0.605. The minimum atomic E-state index is -0.613. The minimum absolute atomic E-state index is 0.00895. The highest BCUT2D eigenvalue weighted by Gasteiger charge is 2.44. The molecular weight excluding hydrogens is 1170 g/mol. The number of Topliss-reactive ketones (excluding diaryl/α,β-unsaturated/α-hetero) is 2. The number of ether oxygens (including phenoxy) is 12. The summed E-state index contributed by atoms with van der Waals surface area (Å²) in [6.07, 6.45) is 22.6. The number of benzene rings is 4. The predicted octanol–water partition coefficient (Wildman–Crippen LogP) is 17.1. The fourth-order valence-electron chi connectivity index (χ4n) is 12.2. The van der Waals surface area contributed by atoms with Crippen LogP contribution in [0.4, 0.5) is 0 Å². The molecule has 0 radical (unpaired) electrons. The number of unbranched alkanes of at least 4 members (excludes halogenated alkanes) is 10. The maximum absolute atomic E-state index is 12.4. The number of fused-ring (bicyclic) bond motifs is 2. The van der Waals surface area contributed by atoms with Crippen LogP contribution in [0.2, 0.25) is 0 Å². The maximum atomic E-state index is 12.4. The van der Waals surface area contributed by atoms with E-state index in [9.17, 15) is 19.2 Å². The second-order valence-electron chi connectivity index (χ2n) is 24.0. The maximum Gasteiger partial charge on any atom is 0.316 e. The van der Waals surface area contributed by atoms with E-state index in [1.165, 1.54) is 16.7 Å². The third-order valence-electron chi connectivity index (χ3n) is 17.3. The number of allylic oxidation sites excluding steroid dienone is 2. The van der Waals surface area contributed by atoms with Gasteiger partial charge >= 0.3 is 11.9 Å². The highest BCUT2D eigenvalue weighted by molar-refractivity contribution is 5.99. The number of methoxy groups -OCH3 is 4. The van der Waals surface area contributed by atoms with Crippen LogP contribution in [0, 0.1) is 11.8 Å². The monoisotopic (exact) mass is 1280 g/mol. The molecule has 0 saturated carbocycles. The van der Waals surface area contributed by atoms with Gasteiger partial charge < -0.3 is 56.8 Å². The minimum Gasteiger partial charge on any atom is -0.492 e. The first-order chi connectivity index (χ1) is 44.7. The van der Waals surface area contributed by atoms with Gasteiger partial charge in [-0.3, -0.25) is 19.2 Å². The van der Waals surface area contributed by atoms with Crippen molar-refractivity contribution >= 4 is 23.5 Å². The van der Waals surface area contributed by atoms with Gasteiger partial charge in [-0.15, -0.1) is 0 Å². The highest BCUT2D eigenvalue weighted by atomic mass is 16.7. The summed E-state index contributed by atoms with van der Waals surface area (Å²) < 4.78 is 65.9. The van der Waals surface area contributed by atoms with E-state index in [1.807, 2.05) is 76.2 Å². The van der Waals surface area contributed by atoms with E-state index < -0.39 is 11.8 Å². The first-order valence-electron chi connectivity index (χ1n) is 34.0. The SMILES string of the molecule is CC.CCCC(=O)C(CCCCCCC=CC[C@@H]1c2ccc(OCOC)cc2OC[C@]1(C)c1ccc(OCOC)cc1)C(=O)OCC.CCCC(=O)C(CCCCCCCCC[C@@H]1c2ccc(OCOC)cc2OC[C@]1(C)c1ccc(OCOC)cc1)C(=O)OCC. The molecule has 0 N–H and O–H groups in total. The molecule has 6 atom stereocenters. The van der Waals surface area contributed by atoms with Gasteiger partial charge in [0.25, 0.3) is 0 Å². The van der Waals surface area contributed by atoms with E-state index in [0.29, 0.717) is 52.1 Å². The van der Waals surface area contributed by atoms with Crippen LogP contribution in [0.25, 0.3) is 0 Å². The molecule has 0 saturated heterocycles. The molecule has 16 nitrogen and oxygen atoms in total. The quantitative estimate of drug-likeness (QED) is 0.0134. The van der Waals surface area contributed by atoms with Crippen LogP contribution in [0.5, 0.6) is 34.5 Å². The van der Waals surface area contributed by atoms with Gasteiger partial charge in [0.15, 0.2) is 27.2 Å². The van der Waals surface area contributed by atoms with Gasteiger partial charge in [0.05, 0.1) is 26.4 Å². The van der Waals surface area contributed by atoms with Gasteiger partial charge in [0.1, 0.15) is 57.9 Å². The van der Waals surface area contributed by atoms with Crippen molar-refractivity contribution in [1.29, 1.82) is 0 Å². The lowest BCUT2D eigenvalue weighted by molar-refractivity contribution is -0.153. The highest BCUT2D eigenvalue weighted by Crippen LogP contribution is 2.51. The lowest BCUT2D eigenvalue weighted by Gasteiger charge is -2.43. The number of ketones is 2. The summed E-state index contributed by atoms with van der Waals surface area (Å²) in [4.78, 5) is 49.4. The van der Waals surface area contributed by atoms with Crippen molar-refractivity contribution in [1.82, 2.24) is 0 Å². The van der Waals surface area contributed by atoms with E-state index in [0.717, 1.165) is 143 Å². The third-order valence-corrected chi connectivity index (χ3v) is 17.3. The summed E-state index contributed by atoms with van der Waals surface area (Å²) >= 11 is 0. The molecule has 4 aromatic carbocycles. The molecule has 0 bridgehead atoms. The van der Waals surface area contributed by atoms with Crippen molar-refractivity contribution in [2.45, 2.75) is 206 Å². The Morgan fingerprint density at radius 3 is 1.26 bits per heavy atom. The van der Waals surface area contributed by atoms with E-state index in [2.05, 4.69) is 62.4 Å². The lowest BCUT2D eigenvalue weighted by Crippen LogP contribution is -2.40. The van der Waals surface area contributed by atoms with Crippen LogP contribution in [0.1, 0.15) is 218 Å². The lowest BCUT2D eigenvalue weighted by atomic mass is 9.66. The van der Waals surface area contributed by atoms with Crippen molar-refractivity contribution in [3.05, 3.63) is 119 Å². The summed E-state index contributed by atoms with van der Waals surface area (Å²) in [7, 11) is 6.44. The van der Waals surface area contributed by atoms with Crippen LogP contribution in [-0.4, -0.2) is 106 Å². The molecule has 2 aliphatic heterocycles. The van der Waals surface area contributed by atoms with Crippen molar-refractivity contribution in [3.63, 3.8) is 0 Å².